The van der Waals surface area contributed by atoms with Crippen molar-refractivity contribution in [2.45, 2.75) is 40.0 Å². The van der Waals surface area contributed by atoms with Gasteiger partial charge in [-0.05, 0) is 54.2 Å². The van der Waals surface area contributed by atoms with Gasteiger partial charge in [0.15, 0.2) is 0 Å². The van der Waals surface area contributed by atoms with Crippen molar-refractivity contribution >= 4 is 0 Å². The first-order chi connectivity index (χ1) is 11.3. The van der Waals surface area contributed by atoms with Crippen molar-refractivity contribution < 1.29 is 0 Å². The summed E-state index contributed by atoms with van der Waals surface area (Å²) in [4.78, 5) is 4.59. The Hall–Kier alpha value is -2.41. The summed E-state index contributed by atoms with van der Waals surface area (Å²) in [5.41, 5.74) is 8.73. The molecule has 1 heterocycles. The molecule has 1 nitrogen and oxygen atoms in total. The van der Waals surface area contributed by atoms with E-state index in [1.54, 1.807) is 0 Å². The van der Waals surface area contributed by atoms with Crippen LogP contribution in [0.1, 0.15) is 37.5 Å². The van der Waals surface area contributed by atoms with E-state index in [1.807, 2.05) is 6.20 Å². The van der Waals surface area contributed by atoms with Gasteiger partial charge in [0.2, 0.25) is 0 Å². The molecule has 24 heavy (non-hydrogen) atoms. The minimum absolute atomic E-state index is 0.128. The lowest BCUT2D eigenvalue weighted by molar-refractivity contribution is 0.589. The van der Waals surface area contributed by atoms with Crippen LogP contribution in [0.4, 0.5) is 0 Å². The molecule has 0 unspecified atom stereocenters. The molecule has 0 N–H and O–H groups in total. The maximum Gasteiger partial charge on any atom is 0.0705 e. The fourth-order valence-electron chi connectivity index (χ4n) is 3.05. The summed E-state index contributed by atoms with van der Waals surface area (Å²) in [7, 11) is 0. The summed E-state index contributed by atoms with van der Waals surface area (Å²) in [6.45, 7) is 11.0. The minimum Gasteiger partial charge on any atom is -0.256 e. The van der Waals surface area contributed by atoms with Gasteiger partial charge in [0.05, 0.1) is 5.69 Å². The van der Waals surface area contributed by atoms with Gasteiger partial charge in [0, 0.05) is 11.8 Å². The number of rotatable bonds is 2. The van der Waals surface area contributed by atoms with Crippen LogP contribution in [0.5, 0.6) is 0 Å². The van der Waals surface area contributed by atoms with Crippen molar-refractivity contribution in [2.75, 3.05) is 0 Å². The number of aromatic nitrogens is 1. The standard InChI is InChI=1S/C23H25N/c1-16-11-17(2)13-20(12-16)18-7-6-8-19(14-18)22-15-21(9-10-24-22)23(3,4)5/h6-15H,1-5H3. The predicted molar refractivity (Wildman–Crippen MR) is 103 cm³/mol. The Balaban J connectivity index is 2.05. The number of benzene rings is 2. The molecule has 0 aliphatic heterocycles. The summed E-state index contributed by atoms with van der Waals surface area (Å²) in [5.74, 6) is 0. The molecule has 0 amide bonds. The number of hydrogen-bond acceptors (Lipinski definition) is 1. The van der Waals surface area contributed by atoms with E-state index in [0.29, 0.717) is 0 Å². The third-order valence-electron chi connectivity index (χ3n) is 4.34. The first-order valence-corrected chi connectivity index (χ1v) is 8.48. The first-order valence-electron chi connectivity index (χ1n) is 8.48. The van der Waals surface area contributed by atoms with E-state index in [4.69, 9.17) is 0 Å². The number of pyridine rings is 1. The molecule has 0 atom stereocenters. The normalized spacial score (nSPS) is 11.5. The van der Waals surface area contributed by atoms with Crippen LogP contribution in [-0.4, -0.2) is 4.98 Å². The van der Waals surface area contributed by atoms with Gasteiger partial charge < -0.3 is 0 Å². The van der Waals surface area contributed by atoms with E-state index >= 15 is 0 Å². The van der Waals surface area contributed by atoms with Gasteiger partial charge in [-0.15, -0.1) is 0 Å². The predicted octanol–water partition coefficient (Wildman–Crippen LogP) is 6.33. The Kier molecular flexibility index (Phi) is 4.28. The van der Waals surface area contributed by atoms with Gasteiger partial charge in [0.1, 0.15) is 0 Å². The molecule has 0 radical (unpaired) electrons. The zero-order chi connectivity index (χ0) is 17.3. The lowest BCUT2D eigenvalue weighted by atomic mass is 9.87. The van der Waals surface area contributed by atoms with Crippen LogP contribution in [0.25, 0.3) is 22.4 Å². The van der Waals surface area contributed by atoms with Crippen LogP contribution in [-0.2, 0) is 5.41 Å². The average Bonchev–Trinajstić information content (AvgIpc) is 2.53. The minimum atomic E-state index is 0.128. The van der Waals surface area contributed by atoms with E-state index in [0.717, 1.165) is 11.3 Å². The molecule has 1 heteroatoms. The van der Waals surface area contributed by atoms with Crippen molar-refractivity contribution in [3.8, 4) is 22.4 Å². The average molecular weight is 315 g/mol. The molecule has 2 aromatic carbocycles. The number of aryl methyl sites for hydroxylation is 2. The van der Waals surface area contributed by atoms with Crippen molar-refractivity contribution in [3.63, 3.8) is 0 Å². The topological polar surface area (TPSA) is 12.9 Å². The molecular formula is C23H25N. The van der Waals surface area contributed by atoms with Crippen molar-refractivity contribution in [3.05, 3.63) is 77.5 Å². The highest BCUT2D eigenvalue weighted by atomic mass is 14.7. The molecule has 0 bridgehead atoms. The van der Waals surface area contributed by atoms with E-state index in [2.05, 4.69) is 94.2 Å². The Morgan fingerprint density at radius 1 is 0.708 bits per heavy atom. The van der Waals surface area contributed by atoms with Crippen molar-refractivity contribution in [1.82, 2.24) is 4.98 Å². The van der Waals surface area contributed by atoms with Gasteiger partial charge in [-0.3, -0.25) is 4.98 Å². The second-order valence-electron chi connectivity index (χ2n) is 7.64. The molecule has 0 fully saturated rings. The lowest BCUT2D eigenvalue weighted by Crippen LogP contribution is -2.11. The SMILES string of the molecule is Cc1cc(C)cc(-c2cccc(-c3cc(C(C)(C)C)ccn3)c2)c1. The lowest BCUT2D eigenvalue weighted by Gasteiger charge is -2.19. The fraction of sp³-hybridized carbons (Fsp3) is 0.261. The second-order valence-corrected chi connectivity index (χ2v) is 7.64. The molecule has 0 saturated heterocycles. The monoisotopic (exact) mass is 315 g/mol. The molecular weight excluding hydrogens is 290 g/mol. The molecule has 122 valence electrons. The number of hydrogen-bond donors (Lipinski definition) is 0. The van der Waals surface area contributed by atoms with E-state index in [1.165, 1.54) is 27.8 Å². The van der Waals surface area contributed by atoms with Gasteiger partial charge in [-0.25, -0.2) is 0 Å². The van der Waals surface area contributed by atoms with E-state index in [9.17, 15) is 0 Å². The Morgan fingerprint density at radius 2 is 1.38 bits per heavy atom. The van der Waals surface area contributed by atoms with E-state index < -0.39 is 0 Å². The summed E-state index contributed by atoms with van der Waals surface area (Å²) >= 11 is 0. The summed E-state index contributed by atoms with van der Waals surface area (Å²) in [6.07, 6.45) is 1.92. The largest absolute Gasteiger partial charge is 0.256 e. The third-order valence-corrected chi connectivity index (χ3v) is 4.34. The van der Waals surface area contributed by atoms with Crippen LogP contribution < -0.4 is 0 Å². The Labute approximate surface area is 145 Å². The first kappa shape index (κ1) is 16.4. The van der Waals surface area contributed by atoms with Crippen molar-refractivity contribution in [1.29, 1.82) is 0 Å². The zero-order valence-corrected chi connectivity index (χ0v) is 15.2. The smallest absolute Gasteiger partial charge is 0.0705 e. The molecule has 0 spiro atoms. The van der Waals surface area contributed by atoms with Gasteiger partial charge in [0.25, 0.3) is 0 Å². The highest BCUT2D eigenvalue weighted by molar-refractivity contribution is 5.72. The van der Waals surface area contributed by atoms with E-state index in [-0.39, 0.29) is 5.41 Å². The summed E-state index contributed by atoms with van der Waals surface area (Å²) in [5, 5.41) is 0. The molecule has 3 rings (SSSR count). The quantitative estimate of drug-likeness (QED) is 0.538. The zero-order valence-electron chi connectivity index (χ0n) is 15.2. The van der Waals surface area contributed by atoms with Crippen LogP contribution in [0.2, 0.25) is 0 Å². The van der Waals surface area contributed by atoms with Crippen molar-refractivity contribution in [2.24, 2.45) is 0 Å². The molecule has 0 aliphatic carbocycles. The highest BCUT2D eigenvalue weighted by Crippen LogP contribution is 2.29. The molecule has 1 aromatic heterocycles. The highest BCUT2D eigenvalue weighted by Gasteiger charge is 2.14. The molecule has 3 aromatic rings. The van der Waals surface area contributed by atoms with Gasteiger partial charge in [-0.1, -0.05) is 68.3 Å². The third kappa shape index (κ3) is 3.56. The van der Waals surface area contributed by atoms with Crippen LogP contribution in [0.3, 0.4) is 0 Å². The Bertz CT molecular complexity index is 849. The number of nitrogens with zero attached hydrogens (tertiary/aromatic N) is 1. The second kappa shape index (κ2) is 6.24. The van der Waals surface area contributed by atoms with Gasteiger partial charge in [-0.2, -0.15) is 0 Å². The van der Waals surface area contributed by atoms with Crippen LogP contribution >= 0.6 is 0 Å². The summed E-state index contributed by atoms with van der Waals surface area (Å²) in [6, 6.07) is 19.7. The molecule has 0 aliphatic rings. The fourth-order valence-corrected chi connectivity index (χ4v) is 3.05. The van der Waals surface area contributed by atoms with Gasteiger partial charge >= 0.3 is 0 Å². The summed E-state index contributed by atoms with van der Waals surface area (Å²) < 4.78 is 0. The Morgan fingerprint density at radius 3 is 2.04 bits per heavy atom. The van der Waals surface area contributed by atoms with Crippen LogP contribution in [0.15, 0.2) is 60.8 Å². The maximum absolute atomic E-state index is 4.59. The van der Waals surface area contributed by atoms with Crippen LogP contribution in [0, 0.1) is 13.8 Å². The molecule has 0 saturated carbocycles. The maximum atomic E-state index is 4.59.